The van der Waals surface area contributed by atoms with Crippen LogP contribution in [0.25, 0.3) is 27.7 Å². The molecule has 0 spiro atoms. The lowest BCUT2D eigenvalue weighted by atomic mass is 10.1. The number of fused-ring (bicyclic) bond motifs is 4. The van der Waals surface area contributed by atoms with Crippen molar-refractivity contribution in [3.8, 4) is 16.9 Å². The number of halogens is 2. The molecule has 1 aromatic carbocycles. The number of carbonyl (C=O) groups excluding carboxylic acids is 1. The molecule has 2 unspecified atom stereocenters. The normalized spacial score (nSPS) is 20.2. The van der Waals surface area contributed by atoms with Crippen LogP contribution in [-0.4, -0.2) is 56.4 Å². The molecule has 2 atom stereocenters. The Balaban J connectivity index is 1.08. The quantitative estimate of drug-likeness (QED) is 0.338. The highest BCUT2D eigenvalue weighted by Gasteiger charge is 2.56. The van der Waals surface area contributed by atoms with Crippen LogP contribution in [0, 0.1) is 17.7 Å². The van der Waals surface area contributed by atoms with E-state index in [0.717, 1.165) is 46.7 Å². The Morgan fingerprint density at radius 1 is 1.24 bits per heavy atom. The van der Waals surface area contributed by atoms with Gasteiger partial charge in [0.2, 0.25) is 0 Å². The van der Waals surface area contributed by atoms with Gasteiger partial charge in [0.25, 0.3) is 5.91 Å². The number of nitrogens with zero attached hydrogens (tertiary/aromatic N) is 5. The van der Waals surface area contributed by atoms with Crippen molar-refractivity contribution >= 4 is 39.9 Å². The molecule has 1 aliphatic carbocycles. The van der Waals surface area contributed by atoms with E-state index in [1.54, 1.807) is 6.20 Å². The van der Waals surface area contributed by atoms with E-state index in [0.29, 0.717) is 24.1 Å². The minimum Gasteiger partial charge on any atom is -0.492 e. The first-order valence-electron chi connectivity index (χ1n) is 12.5. The van der Waals surface area contributed by atoms with E-state index in [-0.39, 0.29) is 16.6 Å². The summed E-state index contributed by atoms with van der Waals surface area (Å²) in [5.74, 6) is 1.13. The van der Waals surface area contributed by atoms with Crippen LogP contribution in [0.3, 0.4) is 0 Å². The van der Waals surface area contributed by atoms with Crippen LogP contribution in [0.2, 0.25) is 5.02 Å². The third-order valence-corrected chi connectivity index (χ3v) is 7.79. The number of rotatable bonds is 6. The summed E-state index contributed by atoms with van der Waals surface area (Å²) in [6.07, 6.45) is 5.50. The first kappa shape index (κ1) is 23.0. The third kappa shape index (κ3) is 3.66. The molecule has 2 aliphatic rings. The Bertz CT molecular complexity index is 1670. The van der Waals surface area contributed by atoms with Crippen molar-refractivity contribution in [1.29, 1.82) is 0 Å². The lowest BCUT2D eigenvalue weighted by molar-refractivity contribution is 0.0943. The highest BCUT2D eigenvalue weighted by Crippen LogP contribution is 2.47. The monoisotopic (exact) mass is 531 g/mol. The maximum atomic E-state index is 14.1. The second kappa shape index (κ2) is 8.70. The number of anilines is 1. The molecule has 11 heteroatoms. The van der Waals surface area contributed by atoms with Gasteiger partial charge in [-0.05, 0) is 37.3 Å². The zero-order valence-corrected chi connectivity index (χ0v) is 21.1. The van der Waals surface area contributed by atoms with Gasteiger partial charge in [0, 0.05) is 48.3 Å². The van der Waals surface area contributed by atoms with E-state index < -0.39 is 11.7 Å². The van der Waals surface area contributed by atoms with Crippen molar-refractivity contribution in [3.63, 3.8) is 0 Å². The van der Waals surface area contributed by atoms with Crippen molar-refractivity contribution in [2.45, 2.75) is 13.0 Å². The SMILES string of the molecule is CCOc1cc(-c2ccc(N3CC4C(C3)C4NC(=O)c3c(F)cccc3Cl)nc2)c2c3cn[nH]c3nn2c1. The van der Waals surface area contributed by atoms with E-state index in [2.05, 4.69) is 31.6 Å². The first-order valence-corrected chi connectivity index (χ1v) is 12.8. The molecule has 7 rings (SSSR count). The van der Waals surface area contributed by atoms with Gasteiger partial charge in [0.05, 0.1) is 40.5 Å². The first-order chi connectivity index (χ1) is 18.5. The number of carbonyl (C=O) groups is 1. The van der Waals surface area contributed by atoms with E-state index in [1.807, 2.05) is 36.0 Å². The summed E-state index contributed by atoms with van der Waals surface area (Å²) >= 11 is 6.05. The molecular formula is C27H23ClFN7O2. The minimum atomic E-state index is -0.611. The summed E-state index contributed by atoms with van der Waals surface area (Å²) in [5, 5.41) is 15.6. The van der Waals surface area contributed by atoms with Crippen LogP contribution in [-0.2, 0) is 0 Å². The number of hydrogen-bond acceptors (Lipinski definition) is 6. The standard InChI is InChI=1S/C27H23ClFN7O2/c1-2-38-15-8-16(25-17-10-31-33-26(17)34-36(25)11-15)14-6-7-22(30-9-14)35-12-18-19(13-35)24(18)32-27(37)23-20(28)4-3-5-21(23)29/h3-11,18-19,24H,2,12-13H2,1H3,(H,32,37)(H,33,34). The van der Waals surface area contributed by atoms with E-state index >= 15 is 0 Å². The molecule has 38 heavy (non-hydrogen) atoms. The molecule has 1 saturated heterocycles. The summed E-state index contributed by atoms with van der Waals surface area (Å²) in [5.41, 5.74) is 3.45. The number of aromatic nitrogens is 5. The average molecular weight is 532 g/mol. The van der Waals surface area contributed by atoms with Gasteiger partial charge in [-0.1, -0.05) is 17.7 Å². The molecular weight excluding hydrogens is 509 g/mol. The van der Waals surface area contributed by atoms with Crippen LogP contribution in [0.1, 0.15) is 17.3 Å². The lowest BCUT2D eigenvalue weighted by Gasteiger charge is -2.21. The number of nitrogens with one attached hydrogen (secondary N) is 2. The number of hydrogen-bond donors (Lipinski definition) is 2. The fourth-order valence-corrected chi connectivity index (χ4v) is 5.85. The Morgan fingerprint density at radius 3 is 2.82 bits per heavy atom. The van der Waals surface area contributed by atoms with Crippen LogP contribution in [0.15, 0.2) is 55.0 Å². The third-order valence-electron chi connectivity index (χ3n) is 7.48. The van der Waals surface area contributed by atoms with E-state index in [4.69, 9.17) is 21.3 Å². The lowest BCUT2D eigenvalue weighted by Crippen LogP contribution is -2.35. The van der Waals surface area contributed by atoms with E-state index in [9.17, 15) is 9.18 Å². The van der Waals surface area contributed by atoms with Crippen LogP contribution >= 0.6 is 11.6 Å². The van der Waals surface area contributed by atoms with Crippen molar-refractivity contribution in [1.82, 2.24) is 30.1 Å². The Morgan fingerprint density at radius 2 is 2.08 bits per heavy atom. The van der Waals surface area contributed by atoms with Gasteiger partial charge in [0.1, 0.15) is 17.4 Å². The Hall–Kier alpha value is -4.18. The second-order valence-corrected chi connectivity index (χ2v) is 10.1. The molecule has 5 heterocycles. The van der Waals surface area contributed by atoms with Crippen molar-refractivity contribution in [3.05, 3.63) is 71.4 Å². The Labute approximate surface area is 221 Å². The molecule has 1 saturated carbocycles. The van der Waals surface area contributed by atoms with E-state index in [1.165, 1.54) is 18.2 Å². The Kier molecular flexibility index (Phi) is 5.26. The summed E-state index contributed by atoms with van der Waals surface area (Å²) in [4.78, 5) is 19.6. The maximum Gasteiger partial charge on any atom is 0.256 e. The number of amides is 1. The predicted octanol–water partition coefficient (Wildman–Crippen LogP) is 4.33. The molecule has 9 nitrogen and oxygen atoms in total. The summed E-state index contributed by atoms with van der Waals surface area (Å²) in [6, 6.07) is 10.3. The van der Waals surface area contributed by atoms with Gasteiger partial charge >= 0.3 is 0 Å². The van der Waals surface area contributed by atoms with Crippen molar-refractivity contribution in [2.75, 3.05) is 24.6 Å². The molecule has 2 fully saturated rings. The topological polar surface area (TPSA) is 100 Å². The maximum absolute atomic E-state index is 14.1. The van der Waals surface area contributed by atoms with Gasteiger partial charge in [-0.3, -0.25) is 9.89 Å². The number of aromatic amines is 1. The fourth-order valence-electron chi connectivity index (χ4n) is 5.60. The number of ether oxygens (including phenoxy) is 1. The van der Waals surface area contributed by atoms with Crippen LogP contribution in [0.5, 0.6) is 5.75 Å². The van der Waals surface area contributed by atoms with Crippen molar-refractivity contribution < 1.29 is 13.9 Å². The summed E-state index contributed by atoms with van der Waals surface area (Å²) in [6.45, 7) is 4.04. The smallest absolute Gasteiger partial charge is 0.256 e. The molecule has 0 radical (unpaired) electrons. The van der Waals surface area contributed by atoms with Gasteiger partial charge in [0.15, 0.2) is 5.65 Å². The van der Waals surface area contributed by atoms with Crippen LogP contribution in [0.4, 0.5) is 10.2 Å². The minimum absolute atomic E-state index is 0.0162. The number of H-pyrrole nitrogens is 1. The number of pyridine rings is 2. The van der Waals surface area contributed by atoms with Crippen LogP contribution < -0.4 is 15.0 Å². The zero-order chi connectivity index (χ0) is 26.0. The molecule has 4 aromatic heterocycles. The predicted molar refractivity (Wildman–Crippen MR) is 141 cm³/mol. The highest BCUT2D eigenvalue weighted by atomic mass is 35.5. The van der Waals surface area contributed by atoms with Gasteiger partial charge in [-0.25, -0.2) is 13.9 Å². The molecule has 1 aliphatic heterocycles. The fraction of sp³-hybridized carbons (Fsp3) is 0.259. The summed E-state index contributed by atoms with van der Waals surface area (Å²) in [7, 11) is 0. The second-order valence-electron chi connectivity index (χ2n) is 9.68. The average Bonchev–Trinajstić information content (AvgIpc) is 3.31. The van der Waals surface area contributed by atoms with Gasteiger partial charge in [-0.2, -0.15) is 5.10 Å². The summed E-state index contributed by atoms with van der Waals surface area (Å²) < 4.78 is 21.7. The molecule has 5 aromatic rings. The van der Waals surface area contributed by atoms with Gasteiger partial charge in [-0.15, -0.1) is 5.10 Å². The van der Waals surface area contributed by atoms with Crippen molar-refractivity contribution in [2.24, 2.45) is 11.8 Å². The zero-order valence-electron chi connectivity index (χ0n) is 20.4. The number of piperidine rings is 1. The molecule has 192 valence electrons. The molecule has 1 amide bonds. The highest BCUT2D eigenvalue weighted by molar-refractivity contribution is 6.33. The van der Waals surface area contributed by atoms with Gasteiger partial charge < -0.3 is 15.0 Å². The molecule has 2 N–H and O–H groups in total. The largest absolute Gasteiger partial charge is 0.492 e. The number of benzene rings is 1. The molecule has 0 bridgehead atoms.